The lowest BCUT2D eigenvalue weighted by Gasteiger charge is -2.26. The fourth-order valence-electron chi connectivity index (χ4n) is 3.68. The average molecular weight is 419 g/mol. The first kappa shape index (κ1) is 21.4. The number of aromatic amines is 1. The van der Waals surface area contributed by atoms with E-state index >= 15 is 0 Å². The molecule has 0 spiro atoms. The molecule has 8 heteroatoms. The van der Waals surface area contributed by atoms with Gasteiger partial charge >= 0.3 is 0 Å². The molecule has 0 unspecified atom stereocenters. The van der Waals surface area contributed by atoms with Crippen LogP contribution in [-0.2, 0) is 4.74 Å². The second kappa shape index (κ2) is 9.91. The highest BCUT2D eigenvalue weighted by Gasteiger charge is 2.21. The fraction of sp³-hybridized carbons (Fsp3) is 0.429. The largest absolute Gasteiger partial charge is 0.378 e. The van der Waals surface area contributed by atoms with Gasteiger partial charge in [0.05, 0.1) is 13.2 Å². The van der Waals surface area contributed by atoms with Crippen molar-refractivity contribution < 1.29 is 14.3 Å². The number of rotatable bonds is 3. The Bertz CT molecular complexity index is 840. The molecule has 156 valence electrons. The van der Waals surface area contributed by atoms with Gasteiger partial charge in [0.1, 0.15) is 5.69 Å². The van der Waals surface area contributed by atoms with E-state index in [1.54, 1.807) is 4.90 Å². The van der Waals surface area contributed by atoms with Crippen molar-refractivity contribution in [2.75, 3.05) is 52.5 Å². The monoisotopic (exact) mass is 418 g/mol. The summed E-state index contributed by atoms with van der Waals surface area (Å²) >= 11 is 0. The van der Waals surface area contributed by atoms with Crippen LogP contribution in [0.1, 0.15) is 27.3 Å². The second-order valence-corrected chi connectivity index (χ2v) is 7.18. The highest BCUT2D eigenvalue weighted by atomic mass is 35.5. The maximum atomic E-state index is 12.9. The van der Waals surface area contributed by atoms with Gasteiger partial charge in [0.15, 0.2) is 0 Å². The van der Waals surface area contributed by atoms with E-state index in [2.05, 4.69) is 10.3 Å². The van der Waals surface area contributed by atoms with Crippen LogP contribution in [0.4, 0.5) is 0 Å². The number of ether oxygens (including phenoxy) is 1. The van der Waals surface area contributed by atoms with E-state index < -0.39 is 0 Å². The maximum Gasteiger partial charge on any atom is 0.270 e. The number of amides is 2. The van der Waals surface area contributed by atoms with Gasteiger partial charge in [-0.05, 0) is 42.3 Å². The Morgan fingerprint density at radius 3 is 2.52 bits per heavy atom. The Hall–Kier alpha value is -2.35. The summed E-state index contributed by atoms with van der Waals surface area (Å²) in [5.74, 6) is 0.0459. The number of hydrogen-bond donors (Lipinski definition) is 2. The molecule has 2 fully saturated rings. The number of carbonyl (C=O) groups excluding carboxylic acids is 2. The van der Waals surface area contributed by atoms with Crippen LogP contribution >= 0.6 is 12.4 Å². The third-order valence-corrected chi connectivity index (χ3v) is 5.28. The minimum atomic E-state index is -0.0150. The number of hydrogen-bond acceptors (Lipinski definition) is 4. The zero-order valence-corrected chi connectivity index (χ0v) is 17.2. The summed E-state index contributed by atoms with van der Waals surface area (Å²) in [6.45, 7) is 5.67. The zero-order chi connectivity index (χ0) is 19.3. The molecule has 2 aromatic rings. The molecule has 1 aromatic carbocycles. The normalized spacial score (nSPS) is 17.4. The number of aromatic nitrogens is 1. The lowest BCUT2D eigenvalue weighted by atomic mass is 10.0. The van der Waals surface area contributed by atoms with E-state index in [0.29, 0.717) is 37.6 Å². The Morgan fingerprint density at radius 2 is 1.69 bits per heavy atom. The Balaban J connectivity index is 0.00000240. The molecular formula is C21H27ClN4O3. The Kier molecular flexibility index (Phi) is 7.30. The van der Waals surface area contributed by atoms with Gasteiger partial charge in [-0.25, -0.2) is 0 Å². The summed E-state index contributed by atoms with van der Waals surface area (Å²) in [7, 11) is 0. The second-order valence-electron chi connectivity index (χ2n) is 7.18. The summed E-state index contributed by atoms with van der Waals surface area (Å²) in [5.41, 5.74) is 3.08. The SMILES string of the molecule is Cl.O=C(c1cccc(-c2c[nH]c(C(=O)N3CCOCC3)c2)c1)N1CCCNCC1. The third kappa shape index (κ3) is 4.98. The molecule has 29 heavy (non-hydrogen) atoms. The molecule has 2 saturated heterocycles. The van der Waals surface area contributed by atoms with Crippen molar-refractivity contribution in [3.8, 4) is 11.1 Å². The smallest absolute Gasteiger partial charge is 0.270 e. The lowest BCUT2D eigenvalue weighted by molar-refractivity contribution is 0.0299. The summed E-state index contributed by atoms with van der Waals surface area (Å²) in [6.07, 6.45) is 2.80. The zero-order valence-electron chi connectivity index (χ0n) is 16.4. The van der Waals surface area contributed by atoms with Crippen LogP contribution < -0.4 is 5.32 Å². The molecular weight excluding hydrogens is 392 g/mol. The van der Waals surface area contributed by atoms with Crippen LogP contribution in [-0.4, -0.2) is 79.1 Å². The first-order valence-electron chi connectivity index (χ1n) is 9.88. The topological polar surface area (TPSA) is 77.7 Å². The molecule has 0 bridgehead atoms. The van der Waals surface area contributed by atoms with E-state index in [1.807, 2.05) is 41.4 Å². The van der Waals surface area contributed by atoms with E-state index in [4.69, 9.17) is 4.74 Å². The highest BCUT2D eigenvalue weighted by Crippen LogP contribution is 2.23. The number of morpholine rings is 1. The van der Waals surface area contributed by atoms with Gasteiger partial charge in [-0.1, -0.05) is 12.1 Å². The van der Waals surface area contributed by atoms with Crippen molar-refractivity contribution in [2.45, 2.75) is 6.42 Å². The first-order chi connectivity index (χ1) is 13.7. The van der Waals surface area contributed by atoms with Crippen molar-refractivity contribution in [1.82, 2.24) is 20.1 Å². The number of carbonyl (C=O) groups is 2. The number of halogens is 1. The molecule has 2 aliphatic heterocycles. The predicted molar refractivity (Wildman–Crippen MR) is 114 cm³/mol. The van der Waals surface area contributed by atoms with E-state index in [-0.39, 0.29) is 24.2 Å². The molecule has 1 aromatic heterocycles. The van der Waals surface area contributed by atoms with Crippen molar-refractivity contribution in [3.63, 3.8) is 0 Å². The molecule has 0 radical (unpaired) electrons. The minimum absolute atomic E-state index is 0. The predicted octanol–water partition coefficient (Wildman–Crippen LogP) is 2.01. The van der Waals surface area contributed by atoms with Crippen LogP contribution in [0.3, 0.4) is 0 Å². The van der Waals surface area contributed by atoms with Crippen molar-refractivity contribution >= 4 is 24.2 Å². The summed E-state index contributed by atoms with van der Waals surface area (Å²) < 4.78 is 5.31. The summed E-state index contributed by atoms with van der Waals surface area (Å²) in [4.78, 5) is 32.3. The first-order valence-corrected chi connectivity index (χ1v) is 9.88. The number of benzene rings is 1. The number of H-pyrrole nitrogens is 1. The minimum Gasteiger partial charge on any atom is -0.378 e. The molecule has 3 heterocycles. The van der Waals surface area contributed by atoms with Crippen molar-refractivity contribution in [3.05, 3.63) is 47.8 Å². The molecule has 0 aliphatic carbocycles. The van der Waals surface area contributed by atoms with Crippen LogP contribution in [0.25, 0.3) is 11.1 Å². The Morgan fingerprint density at radius 1 is 0.897 bits per heavy atom. The van der Waals surface area contributed by atoms with Gasteiger partial charge in [-0.15, -0.1) is 12.4 Å². The van der Waals surface area contributed by atoms with Gasteiger partial charge in [-0.3, -0.25) is 9.59 Å². The molecule has 2 N–H and O–H groups in total. The average Bonchev–Trinajstić information content (AvgIpc) is 3.09. The van der Waals surface area contributed by atoms with Gasteiger partial charge in [0, 0.05) is 44.5 Å². The lowest BCUT2D eigenvalue weighted by Crippen LogP contribution is -2.40. The van der Waals surface area contributed by atoms with E-state index in [1.165, 1.54) is 0 Å². The van der Waals surface area contributed by atoms with Crippen molar-refractivity contribution in [2.24, 2.45) is 0 Å². The molecule has 4 rings (SSSR count). The molecule has 2 aliphatic rings. The maximum absolute atomic E-state index is 12.9. The van der Waals surface area contributed by atoms with Gasteiger partial charge in [-0.2, -0.15) is 0 Å². The standard InChI is InChI=1S/C21H26N4O3.ClH/c26-20(24-7-2-5-22-6-8-24)17-4-1-3-16(13-17)18-14-19(23-15-18)21(27)25-9-11-28-12-10-25;/h1,3-4,13-15,22-23H,2,5-12H2;1H. The van der Waals surface area contributed by atoms with Crippen LogP contribution in [0.15, 0.2) is 36.5 Å². The highest BCUT2D eigenvalue weighted by molar-refractivity contribution is 5.96. The summed E-state index contributed by atoms with van der Waals surface area (Å²) in [5, 5.41) is 3.32. The van der Waals surface area contributed by atoms with Crippen molar-refractivity contribution in [1.29, 1.82) is 0 Å². The van der Waals surface area contributed by atoms with Gasteiger partial charge in [0.25, 0.3) is 11.8 Å². The molecule has 2 amide bonds. The Labute approximate surface area is 176 Å². The van der Waals surface area contributed by atoms with Gasteiger partial charge in [0.2, 0.25) is 0 Å². The molecule has 0 saturated carbocycles. The molecule has 7 nitrogen and oxygen atoms in total. The van der Waals surface area contributed by atoms with Gasteiger partial charge < -0.3 is 24.8 Å². The van der Waals surface area contributed by atoms with E-state index in [0.717, 1.165) is 43.7 Å². The quantitative estimate of drug-likeness (QED) is 0.799. The number of nitrogens with one attached hydrogen (secondary N) is 2. The van der Waals surface area contributed by atoms with Crippen LogP contribution in [0.2, 0.25) is 0 Å². The van der Waals surface area contributed by atoms with E-state index in [9.17, 15) is 9.59 Å². The fourth-order valence-corrected chi connectivity index (χ4v) is 3.68. The van der Waals surface area contributed by atoms with Crippen LogP contribution in [0.5, 0.6) is 0 Å². The molecule has 0 atom stereocenters. The van der Waals surface area contributed by atoms with Crippen LogP contribution in [0, 0.1) is 0 Å². The summed E-state index contributed by atoms with van der Waals surface area (Å²) in [6, 6.07) is 9.49. The third-order valence-electron chi connectivity index (χ3n) is 5.28. The number of nitrogens with zero attached hydrogens (tertiary/aromatic N) is 2.